The molecule has 0 radical (unpaired) electrons. The maximum absolute atomic E-state index is 5.89. The number of hydrogen-bond acceptors (Lipinski definition) is 5. The fourth-order valence-electron chi connectivity index (χ4n) is 1.99. The molecule has 1 aliphatic heterocycles. The molecule has 2 heterocycles. The zero-order chi connectivity index (χ0) is 13.2. The van der Waals surface area contributed by atoms with Crippen molar-refractivity contribution in [3.8, 4) is 17.2 Å². The third kappa shape index (κ3) is 2.13. The van der Waals surface area contributed by atoms with Crippen molar-refractivity contribution in [1.82, 2.24) is 14.8 Å². The second-order valence-electron chi connectivity index (χ2n) is 3.97. The molecule has 0 amide bonds. The molecule has 0 unspecified atom stereocenters. The van der Waals surface area contributed by atoms with Crippen LogP contribution in [0, 0.1) is 0 Å². The number of ether oxygens (including phenoxy) is 3. The van der Waals surface area contributed by atoms with E-state index in [1.54, 1.807) is 7.11 Å². The second kappa shape index (κ2) is 5.07. The van der Waals surface area contributed by atoms with E-state index in [1.165, 1.54) is 0 Å². The standard InChI is InChI=1S/C12H12ClN3O3/c1-17-6-12-15-14-11(5-13)16(12)8-2-3-9-10(4-8)19-7-18-9/h2-4H,5-7H2,1H3. The number of benzene rings is 1. The van der Waals surface area contributed by atoms with Gasteiger partial charge in [0.15, 0.2) is 23.1 Å². The van der Waals surface area contributed by atoms with Crippen LogP contribution in [0.3, 0.4) is 0 Å². The number of aromatic nitrogens is 3. The average molecular weight is 282 g/mol. The smallest absolute Gasteiger partial charge is 0.231 e. The highest BCUT2D eigenvalue weighted by Crippen LogP contribution is 2.34. The Kier molecular flexibility index (Phi) is 3.27. The average Bonchev–Trinajstić information content (AvgIpc) is 3.04. The fraction of sp³-hybridized carbons (Fsp3) is 0.333. The number of rotatable bonds is 4. The van der Waals surface area contributed by atoms with Gasteiger partial charge in [-0.1, -0.05) is 0 Å². The van der Waals surface area contributed by atoms with Gasteiger partial charge in [0.25, 0.3) is 0 Å². The van der Waals surface area contributed by atoms with Gasteiger partial charge in [-0.3, -0.25) is 4.57 Å². The lowest BCUT2D eigenvalue weighted by Crippen LogP contribution is -2.05. The normalized spacial score (nSPS) is 12.9. The molecule has 19 heavy (non-hydrogen) atoms. The van der Waals surface area contributed by atoms with E-state index in [2.05, 4.69) is 10.2 Å². The fourth-order valence-corrected chi connectivity index (χ4v) is 2.16. The number of hydrogen-bond donors (Lipinski definition) is 0. The van der Waals surface area contributed by atoms with Gasteiger partial charge in [-0.2, -0.15) is 0 Å². The van der Waals surface area contributed by atoms with Crippen molar-refractivity contribution in [2.45, 2.75) is 12.5 Å². The molecule has 1 aliphatic rings. The van der Waals surface area contributed by atoms with Crippen LogP contribution in [0.1, 0.15) is 11.6 Å². The minimum Gasteiger partial charge on any atom is -0.454 e. The summed E-state index contributed by atoms with van der Waals surface area (Å²) in [4.78, 5) is 0. The van der Waals surface area contributed by atoms with Crippen LogP contribution in [0.15, 0.2) is 18.2 Å². The van der Waals surface area contributed by atoms with Gasteiger partial charge in [0.1, 0.15) is 6.61 Å². The van der Waals surface area contributed by atoms with E-state index in [4.69, 9.17) is 25.8 Å². The van der Waals surface area contributed by atoms with Crippen LogP contribution < -0.4 is 9.47 Å². The van der Waals surface area contributed by atoms with Gasteiger partial charge in [0.2, 0.25) is 6.79 Å². The summed E-state index contributed by atoms with van der Waals surface area (Å²) >= 11 is 5.89. The van der Waals surface area contributed by atoms with Crippen LogP contribution in [0.2, 0.25) is 0 Å². The molecular formula is C12H12ClN3O3. The number of methoxy groups -OCH3 is 1. The summed E-state index contributed by atoms with van der Waals surface area (Å²) in [6.45, 7) is 0.604. The summed E-state index contributed by atoms with van der Waals surface area (Å²) in [5, 5.41) is 8.13. The zero-order valence-corrected chi connectivity index (χ0v) is 11.1. The van der Waals surface area contributed by atoms with E-state index in [0.29, 0.717) is 24.0 Å². The van der Waals surface area contributed by atoms with Gasteiger partial charge >= 0.3 is 0 Å². The first kappa shape index (κ1) is 12.3. The van der Waals surface area contributed by atoms with E-state index >= 15 is 0 Å². The molecule has 0 fully saturated rings. The number of nitrogens with zero attached hydrogens (tertiary/aromatic N) is 3. The Bertz CT molecular complexity index is 600. The maximum Gasteiger partial charge on any atom is 0.231 e. The summed E-state index contributed by atoms with van der Waals surface area (Å²) in [5.74, 6) is 3.06. The molecule has 7 heteroatoms. The van der Waals surface area contributed by atoms with E-state index in [9.17, 15) is 0 Å². The third-order valence-corrected chi connectivity index (χ3v) is 3.04. The molecule has 6 nitrogen and oxygen atoms in total. The number of halogens is 1. The molecule has 0 N–H and O–H groups in total. The Morgan fingerprint density at radius 1 is 1.26 bits per heavy atom. The van der Waals surface area contributed by atoms with Crippen LogP contribution in [-0.4, -0.2) is 28.7 Å². The zero-order valence-electron chi connectivity index (χ0n) is 10.3. The second-order valence-corrected chi connectivity index (χ2v) is 4.24. The van der Waals surface area contributed by atoms with Crippen molar-refractivity contribution < 1.29 is 14.2 Å². The largest absolute Gasteiger partial charge is 0.454 e. The minimum atomic E-state index is 0.244. The Labute approximate surface area is 114 Å². The quantitative estimate of drug-likeness (QED) is 0.801. The number of alkyl halides is 1. The van der Waals surface area contributed by atoms with E-state index in [1.807, 2.05) is 22.8 Å². The summed E-state index contributed by atoms with van der Waals surface area (Å²) in [5.41, 5.74) is 0.872. The van der Waals surface area contributed by atoms with Crippen molar-refractivity contribution in [3.05, 3.63) is 29.8 Å². The van der Waals surface area contributed by atoms with Crippen LogP contribution in [0.4, 0.5) is 0 Å². The van der Waals surface area contributed by atoms with Crippen LogP contribution in [0.5, 0.6) is 11.5 Å². The molecule has 0 saturated heterocycles. The van der Waals surface area contributed by atoms with Crippen LogP contribution in [0.25, 0.3) is 5.69 Å². The summed E-state index contributed by atoms with van der Waals surface area (Å²) in [6, 6.07) is 5.64. The summed E-state index contributed by atoms with van der Waals surface area (Å²) < 4.78 is 17.6. The topological polar surface area (TPSA) is 58.4 Å². The van der Waals surface area contributed by atoms with Crippen molar-refractivity contribution >= 4 is 11.6 Å². The molecule has 100 valence electrons. The highest BCUT2D eigenvalue weighted by molar-refractivity contribution is 6.16. The lowest BCUT2D eigenvalue weighted by atomic mass is 10.2. The Balaban J connectivity index is 2.07. The van der Waals surface area contributed by atoms with Gasteiger partial charge in [-0.25, -0.2) is 0 Å². The van der Waals surface area contributed by atoms with E-state index in [0.717, 1.165) is 11.4 Å². The molecule has 0 aliphatic carbocycles. The molecule has 2 aromatic rings. The lowest BCUT2D eigenvalue weighted by molar-refractivity contribution is 0.173. The first-order valence-electron chi connectivity index (χ1n) is 5.71. The minimum absolute atomic E-state index is 0.244. The first-order chi connectivity index (χ1) is 9.33. The van der Waals surface area contributed by atoms with E-state index in [-0.39, 0.29) is 12.7 Å². The molecule has 1 aromatic carbocycles. The van der Waals surface area contributed by atoms with Gasteiger partial charge in [-0.15, -0.1) is 21.8 Å². The van der Waals surface area contributed by atoms with Crippen molar-refractivity contribution in [2.24, 2.45) is 0 Å². The molecule has 0 spiro atoms. The lowest BCUT2D eigenvalue weighted by Gasteiger charge is -2.09. The maximum atomic E-state index is 5.89. The monoisotopic (exact) mass is 281 g/mol. The van der Waals surface area contributed by atoms with Crippen molar-refractivity contribution in [1.29, 1.82) is 0 Å². The summed E-state index contributed by atoms with van der Waals surface area (Å²) in [6.07, 6.45) is 0. The van der Waals surface area contributed by atoms with E-state index < -0.39 is 0 Å². The van der Waals surface area contributed by atoms with Crippen LogP contribution >= 0.6 is 11.6 Å². The SMILES string of the molecule is COCc1nnc(CCl)n1-c1ccc2c(c1)OCO2. The Morgan fingerprint density at radius 2 is 2.05 bits per heavy atom. The Morgan fingerprint density at radius 3 is 2.84 bits per heavy atom. The van der Waals surface area contributed by atoms with Gasteiger partial charge in [0, 0.05) is 13.2 Å². The van der Waals surface area contributed by atoms with Gasteiger partial charge in [-0.05, 0) is 12.1 Å². The van der Waals surface area contributed by atoms with Gasteiger partial charge < -0.3 is 14.2 Å². The van der Waals surface area contributed by atoms with Crippen molar-refractivity contribution in [2.75, 3.05) is 13.9 Å². The predicted octanol–water partition coefficient (Wildman–Crippen LogP) is 1.88. The first-order valence-corrected chi connectivity index (χ1v) is 6.25. The molecule has 0 bridgehead atoms. The molecule has 3 rings (SSSR count). The molecule has 0 saturated carbocycles. The summed E-state index contributed by atoms with van der Waals surface area (Å²) in [7, 11) is 1.61. The third-order valence-electron chi connectivity index (χ3n) is 2.80. The highest BCUT2D eigenvalue weighted by atomic mass is 35.5. The Hall–Kier alpha value is -1.79. The molecular weight excluding hydrogens is 270 g/mol. The number of fused-ring (bicyclic) bond motifs is 1. The molecule has 1 aromatic heterocycles. The van der Waals surface area contributed by atoms with Crippen LogP contribution in [-0.2, 0) is 17.2 Å². The van der Waals surface area contributed by atoms with Crippen molar-refractivity contribution in [3.63, 3.8) is 0 Å². The highest BCUT2D eigenvalue weighted by Gasteiger charge is 2.18. The predicted molar refractivity (Wildman–Crippen MR) is 67.8 cm³/mol. The molecule has 0 atom stereocenters. The van der Waals surface area contributed by atoms with Gasteiger partial charge in [0.05, 0.1) is 11.6 Å².